The van der Waals surface area contributed by atoms with Gasteiger partial charge < -0.3 is 9.84 Å². The molecule has 0 aliphatic rings. The molecule has 0 heterocycles. The Morgan fingerprint density at radius 2 is 1.29 bits per heavy atom. The van der Waals surface area contributed by atoms with Crippen molar-refractivity contribution in [2.24, 2.45) is 10.8 Å². The van der Waals surface area contributed by atoms with Crippen LogP contribution in [0.3, 0.4) is 0 Å². The third kappa shape index (κ3) is 6.65. The zero-order chi connectivity index (χ0) is 17.2. The van der Waals surface area contributed by atoms with Crippen molar-refractivity contribution in [3.63, 3.8) is 0 Å². The minimum Gasteiger partial charge on any atom is -0.478 e. The number of hydrogen-bond donors (Lipinski definition) is 2. The van der Waals surface area contributed by atoms with E-state index in [4.69, 9.17) is 4.74 Å². The lowest BCUT2D eigenvalue weighted by molar-refractivity contribution is -0.133. The van der Waals surface area contributed by atoms with Gasteiger partial charge in [0.15, 0.2) is 0 Å². The topological polar surface area (TPSA) is 75.6 Å². The average Bonchev–Trinajstić information content (AvgIpc) is 2.08. The van der Waals surface area contributed by atoms with Crippen molar-refractivity contribution in [2.75, 3.05) is 0 Å². The van der Waals surface area contributed by atoms with Crippen molar-refractivity contribution in [2.45, 2.75) is 67.9 Å². The van der Waals surface area contributed by atoms with E-state index >= 15 is 0 Å². The lowest BCUT2D eigenvalue weighted by Crippen LogP contribution is -2.39. The summed E-state index contributed by atoms with van der Waals surface area (Å²) in [5.41, 5.74) is -1.22. The molecule has 5 heteroatoms. The summed E-state index contributed by atoms with van der Waals surface area (Å²) in [7, 11) is 0. The summed E-state index contributed by atoms with van der Waals surface area (Å²) in [6.45, 7) is 16.3. The molecule has 0 radical (unpaired) electrons. The highest BCUT2D eigenvalue weighted by atomic mass is 16.6. The second kappa shape index (κ2) is 6.08. The van der Waals surface area contributed by atoms with E-state index in [1.807, 2.05) is 20.8 Å². The van der Waals surface area contributed by atoms with Gasteiger partial charge in [-0.2, -0.15) is 0 Å². The molecule has 0 saturated heterocycles. The monoisotopic (exact) mass is 299 g/mol. The summed E-state index contributed by atoms with van der Waals surface area (Å²) in [5.74, 6) is -1.04. The predicted octanol–water partition coefficient (Wildman–Crippen LogP) is 3.94. The quantitative estimate of drug-likeness (QED) is 0.757. The molecule has 0 aliphatic heterocycles. The Balaban J connectivity index is 5.81. The summed E-state index contributed by atoms with van der Waals surface area (Å²) >= 11 is 0. The first kappa shape index (κ1) is 19.5. The molecular formula is C16H29NO4. The molecule has 0 aromatic heterocycles. The molecule has 122 valence electrons. The summed E-state index contributed by atoms with van der Waals surface area (Å²) < 4.78 is 5.23. The van der Waals surface area contributed by atoms with Crippen LogP contribution in [0.1, 0.15) is 62.3 Å². The Hall–Kier alpha value is -1.52. The van der Waals surface area contributed by atoms with E-state index in [0.29, 0.717) is 5.70 Å². The fourth-order valence-electron chi connectivity index (χ4n) is 1.83. The van der Waals surface area contributed by atoms with Crippen molar-refractivity contribution in [3.8, 4) is 0 Å². The number of aliphatic carboxylic acids is 1. The first-order chi connectivity index (χ1) is 9.05. The number of nitrogens with one attached hydrogen (secondary N) is 1. The van der Waals surface area contributed by atoms with Crippen LogP contribution in [0, 0.1) is 10.8 Å². The number of ether oxygens (including phenoxy) is 1. The maximum atomic E-state index is 12.0. The standard InChI is InChI=1S/C16H29NO4/c1-14(2,3)10(12(18)19)11(15(4,5)6)17-13(20)21-16(7,8)9/h1-9H3,(H,17,20)(H,18,19)/b11-10+. The second-order valence-corrected chi connectivity index (χ2v) is 8.18. The van der Waals surface area contributed by atoms with Gasteiger partial charge in [0.05, 0.1) is 5.57 Å². The average molecular weight is 299 g/mol. The van der Waals surface area contributed by atoms with Gasteiger partial charge in [-0.25, -0.2) is 9.59 Å². The smallest absolute Gasteiger partial charge is 0.411 e. The van der Waals surface area contributed by atoms with E-state index in [1.165, 1.54) is 0 Å². The van der Waals surface area contributed by atoms with Gasteiger partial charge in [-0.05, 0) is 26.2 Å². The number of carbonyl (C=O) groups excluding carboxylic acids is 1. The number of rotatable bonds is 2. The van der Waals surface area contributed by atoms with E-state index in [2.05, 4.69) is 5.32 Å². The lowest BCUT2D eigenvalue weighted by Gasteiger charge is -2.32. The number of amides is 1. The Bertz CT molecular complexity index is 442. The van der Waals surface area contributed by atoms with E-state index in [-0.39, 0.29) is 5.57 Å². The molecule has 1 amide bonds. The van der Waals surface area contributed by atoms with Crippen LogP contribution in [0.4, 0.5) is 4.79 Å². The molecule has 0 aromatic carbocycles. The van der Waals surface area contributed by atoms with Crippen LogP contribution < -0.4 is 5.32 Å². The van der Waals surface area contributed by atoms with Crippen molar-refractivity contribution < 1.29 is 19.4 Å². The second-order valence-electron chi connectivity index (χ2n) is 8.18. The summed E-state index contributed by atoms with van der Waals surface area (Å²) in [4.78, 5) is 23.7. The third-order valence-corrected chi connectivity index (χ3v) is 2.59. The minimum absolute atomic E-state index is 0.181. The molecule has 0 fully saturated rings. The fourth-order valence-corrected chi connectivity index (χ4v) is 1.83. The Labute approximate surface area is 127 Å². The zero-order valence-electron chi connectivity index (χ0n) is 14.7. The van der Waals surface area contributed by atoms with Gasteiger partial charge in [-0.1, -0.05) is 41.5 Å². The number of alkyl carbamates (subject to hydrolysis) is 1. The number of hydrogen-bond acceptors (Lipinski definition) is 3. The van der Waals surface area contributed by atoms with Crippen molar-refractivity contribution >= 4 is 12.1 Å². The van der Waals surface area contributed by atoms with Crippen LogP contribution in [-0.2, 0) is 9.53 Å². The van der Waals surface area contributed by atoms with Crippen LogP contribution in [0.15, 0.2) is 11.3 Å². The van der Waals surface area contributed by atoms with Gasteiger partial charge in [-0.15, -0.1) is 0 Å². The highest BCUT2D eigenvalue weighted by Crippen LogP contribution is 2.35. The summed E-state index contributed by atoms with van der Waals surface area (Å²) in [6, 6.07) is 0. The van der Waals surface area contributed by atoms with Gasteiger partial charge in [0.1, 0.15) is 5.60 Å². The molecule has 21 heavy (non-hydrogen) atoms. The number of carboxylic acid groups (broad SMARTS) is 1. The minimum atomic E-state index is -1.04. The molecule has 5 nitrogen and oxygen atoms in total. The van der Waals surface area contributed by atoms with Gasteiger partial charge in [0.2, 0.25) is 0 Å². The van der Waals surface area contributed by atoms with Crippen molar-refractivity contribution in [1.82, 2.24) is 5.32 Å². The first-order valence-electron chi connectivity index (χ1n) is 7.04. The molecule has 0 aromatic rings. The van der Waals surface area contributed by atoms with Gasteiger partial charge in [0.25, 0.3) is 0 Å². The third-order valence-electron chi connectivity index (χ3n) is 2.59. The zero-order valence-corrected chi connectivity index (χ0v) is 14.7. The molecule has 0 aliphatic carbocycles. The number of carboxylic acids is 1. The maximum absolute atomic E-state index is 12.0. The maximum Gasteiger partial charge on any atom is 0.411 e. The molecule has 0 rings (SSSR count). The molecule has 0 unspecified atom stereocenters. The van der Waals surface area contributed by atoms with E-state index in [1.54, 1.807) is 41.5 Å². The number of carbonyl (C=O) groups is 2. The molecular weight excluding hydrogens is 270 g/mol. The van der Waals surface area contributed by atoms with Crippen molar-refractivity contribution in [1.29, 1.82) is 0 Å². The highest BCUT2D eigenvalue weighted by molar-refractivity contribution is 5.90. The Morgan fingerprint density at radius 3 is 1.52 bits per heavy atom. The van der Waals surface area contributed by atoms with Gasteiger partial charge >= 0.3 is 12.1 Å². The van der Waals surface area contributed by atoms with E-state index in [9.17, 15) is 14.7 Å². The molecule has 0 atom stereocenters. The SMILES string of the molecule is CC(C)(C)OC(=O)N/C(=C(\C(=O)O)C(C)(C)C)C(C)(C)C. The Morgan fingerprint density at radius 1 is 0.857 bits per heavy atom. The van der Waals surface area contributed by atoms with Crippen molar-refractivity contribution in [3.05, 3.63) is 11.3 Å². The van der Waals surface area contributed by atoms with Crippen LogP contribution in [0.2, 0.25) is 0 Å². The van der Waals surface area contributed by atoms with E-state index in [0.717, 1.165) is 0 Å². The fraction of sp³-hybridized carbons (Fsp3) is 0.750. The Kier molecular flexibility index (Phi) is 5.64. The molecule has 2 N–H and O–H groups in total. The van der Waals surface area contributed by atoms with E-state index < -0.39 is 28.5 Å². The summed E-state index contributed by atoms with van der Waals surface area (Å²) in [6.07, 6.45) is -0.643. The highest BCUT2D eigenvalue weighted by Gasteiger charge is 2.34. The molecule has 0 saturated carbocycles. The first-order valence-corrected chi connectivity index (χ1v) is 7.04. The van der Waals surface area contributed by atoms with Crippen LogP contribution in [-0.4, -0.2) is 22.8 Å². The number of allylic oxidation sites excluding steroid dienone is 1. The normalized spacial score (nSPS) is 14.3. The van der Waals surface area contributed by atoms with Gasteiger partial charge in [-0.3, -0.25) is 5.32 Å². The van der Waals surface area contributed by atoms with Crippen LogP contribution >= 0.6 is 0 Å². The van der Waals surface area contributed by atoms with Gasteiger partial charge in [0, 0.05) is 11.1 Å². The molecule has 0 spiro atoms. The largest absolute Gasteiger partial charge is 0.478 e. The lowest BCUT2D eigenvalue weighted by atomic mass is 9.78. The van der Waals surface area contributed by atoms with Crippen LogP contribution in [0.25, 0.3) is 0 Å². The van der Waals surface area contributed by atoms with Crippen LogP contribution in [0.5, 0.6) is 0 Å². The molecule has 0 bridgehead atoms. The predicted molar refractivity (Wildman–Crippen MR) is 82.9 cm³/mol. The summed E-state index contributed by atoms with van der Waals surface area (Å²) in [5, 5.41) is 12.2.